The number of aliphatic hydroxyl groups excluding tert-OH is 1. The van der Waals surface area contributed by atoms with Crippen LogP contribution in [0.1, 0.15) is 16.7 Å². The fourth-order valence-electron chi connectivity index (χ4n) is 4.27. The summed E-state index contributed by atoms with van der Waals surface area (Å²) < 4.78 is 23.4. The Labute approximate surface area is 188 Å². The number of amides is 2. The van der Waals surface area contributed by atoms with E-state index in [1.807, 2.05) is 50.2 Å². The zero-order valence-electron chi connectivity index (χ0n) is 18.4. The van der Waals surface area contributed by atoms with Crippen molar-refractivity contribution < 1.29 is 18.3 Å². The van der Waals surface area contributed by atoms with Crippen LogP contribution in [0.2, 0.25) is 0 Å². The van der Waals surface area contributed by atoms with Gasteiger partial charge in [0.25, 0.3) is 0 Å². The summed E-state index contributed by atoms with van der Waals surface area (Å²) in [5.41, 5.74) is 6.62. The molecular weight excluding hydrogens is 424 g/mol. The van der Waals surface area contributed by atoms with Crippen LogP contribution in [-0.4, -0.2) is 38.9 Å². The van der Waals surface area contributed by atoms with Crippen LogP contribution in [0.3, 0.4) is 0 Å². The Morgan fingerprint density at radius 2 is 1.47 bits per heavy atom. The Hall–Kier alpha value is -3.16. The van der Waals surface area contributed by atoms with Crippen molar-refractivity contribution in [2.45, 2.75) is 25.3 Å². The van der Waals surface area contributed by atoms with E-state index in [-0.39, 0.29) is 17.5 Å². The summed E-state index contributed by atoms with van der Waals surface area (Å²) in [6, 6.07) is 18.1. The number of hydrogen-bond acceptors (Lipinski definition) is 4. The number of urea groups is 1. The Balaban J connectivity index is 1.61. The van der Waals surface area contributed by atoms with Crippen LogP contribution in [-0.2, 0) is 16.4 Å². The predicted octanol–water partition coefficient (Wildman–Crippen LogP) is 4.31. The number of benzene rings is 3. The van der Waals surface area contributed by atoms with E-state index in [1.165, 1.54) is 18.4 Å². The van der Waals surface area contributed by atoms with Crippen molar-refractivity contribution in [1.82, 2.24) is 0 Å². The summed E-state index contributed by atoms with van der Waals surface area (Å²) >= 11 is 0. The molecule has 1 aliphatic rings. The molecule has 0 spiro atoms. The number of nitrogens with zero attached hydrogens (tertiary/aromatic N) is 2. The second-order valence-electron chi connectivity index (χ2n) is 8.16. The van der Waals surface area contributed by atoms with Gasteiger partial charge in [-0.3, -0.25) is 9.80 Å². The van der Waals surface area contributed by atoms with E-state index >= 15 is 0 Å². The minimum absolute atomic E-state index is 0.00665. The lowest BCUT2D eigenvalue weighted by molar-refractivity contribution is 0.256. The molecule has 4 rings (SSSR count). The second-order valence-corrected chi connectivity index (χ2v) is 10.2. The average molecular weight is 451 g/mol. The van der Waals surface area contributed by atoms with Crippen molar-refractivity contribution in [2.24, 2.45) is 0 Å². The number of sulfone groups is 1. The molecule has 1 heterocycles. The third kappa shape index (κ3) is 4.13. The van der Waals surface area contributed by atoms with Gasteiger partial charge in [0.2, 0.25) is 0 Å². The molecule has 1 N–H and O–H groups in total. The zero-order chi connectivity index (χ0) is 23.0. The van der Waals surface area contributed by atoms with Gasteiger partial charge in [-0.25, -0.2) is 13.2 Å². The van der Waals surface area contributed by atoms with Crippen LogP contribution in [0.5, 0.6) is 0 Å². The van der Waals surface area contributed by atoms with Crippen molar-refractivity contribution in [2.75, 3.05) is 29.1 Å². The van der Waals surface area contributed by atoms with E-state index in [2.05, 4.69) is 0 Å². The molecule has 7 heteroatoms. The Morgan fingerprint density at radius 1 is 0.875 bits per heavy atom. The minimum atomic E-state index is -3.28. The Kier molecular flexibility index (Phi) is 5.79. The maximum Gasteiger partial charge on any atom is 0.329 e. The lowest BCUT2D eigenvalue weighted by atomic mass is 9.94. The Morgan fingerprint density at radius 3 is 2.03 bits per heavy atom. The first-order valence-electron chi connectivity index (χ1n) is 10.4. The van der Waals surface area contributed by atoms with Gasteiger partial charge in [-0.1, -0.05) is 18.2 Å². The van der Waals surface area contributed by atoms with Crippen molar-refractivity contribution >= 4 is 27.2 Å². The molecule has 0 saturated carbocycles. The van der Waals surface area contributed by atoms with Gasteiger partial charge in [0.1, 0.15) is 0 Å². The fraction of sp³-hybridized carbons (Fsp3) is 0.240. The van der Waals surface area contributed by atoms with E-state index in [4.69, 9.17) is 0 Å². The van der Waals surface area contributed by atoms with Crippen molar-refractivity contribution in [3.05, 3.63) is 77.4 Å². The molecule has 0 atom stereocenters. The maximum atomic E-state index is 13.2. The van der Waals surface area contributed by atoms with Gasteiger partial charge in [-0.05, 0) is 84.1 Å². The van der Waals surface area contributed by atoms with Gasteiger partial charge in [0.05, 0.1) is 11.5 Å². The molecule has 2 amide bonds. The summed E-state index contributed by atoms with van der Waals surface area (Å²) in [6.07, 6.45) is 1.17. The summed E-state index contributed by atoms with van der Waals surface area (Å²) in [4.78, 5) is 16.8. The largest absolute Gasteiger partial charge is 0.392 e. The number of aryl methyl sites for hydroxylation is 2. The third-order valence-electron chi connectivity index (χ3n) is 5.81. The molecule has 0 unspecified atom stereocenters. The zero-order valence-corrected chi connectivity index (χ0v) is 19.2. The number of aliphatic hydroxyl groups is 1. The minimum Gasteiger partial charge on any atom is -0.392 e. The average Bonchev–Trinajstić information content (AvgIpc) is 3.14. The summed E-state index contributed by atoms with van der Waals surface area (Å²) in [7, 11) is -3.28. The van der Waals surface area contributed by atoms with Gasteiger partial charge >= 0.3 is 6.03 Å². The lowest BCUT2D eigenvalue weighted by Crippen LogP contribution is -2.31. The van der Waals surface area contributed by atoms with Crippen molar-refractivity contribution in [3.8, 4) is 11.1 Å². The topological polar surface area (TPSA) is 77.9 Å². The predicted molar refractivity (Wildman–Crippen MR) is 127 cm³/mol. The molecule has 166 valence electrons. The van der Waals surface area contributed by atoms with Crippen LogP contribution in [0, 0.1) is 13.8 Å². The van der Waals surface area contributed by atoms with E-state index in [0.717, 1.165) is 33.5 Å². The molecule has 3 aromatic rings. The first-order chi connectivity index (χ1) is 15.2. The van der Waals surface area contributed by atoms with Gasteiger partial charge < -0.3 is 5.11 Å². The molecule has 0 aromatic heterocycles. The van der Waals surface area contributed by atoms with Crippen LogP contribution in [0.15, 0.2) is 65.6 Å². The summed E-state index contributed by atoms with van der Waals surface area (Å²) in [5, 5.41) is 9.46. The lowest BCUT2D eigenvalue weighted by Gasteiger charge is -2.21. The van der Waals surface area contributed by atoms with Crippen LogP contribution in [0.25, 0.3) is 11.1 Å². The van der Waals surface area contributed by atoms with Crippen molar-refractivity contribution in [1.29, 1.82) is 0 Å². The summed E-state index contributed by atoms with van der Waals surface area (Å²) in [5.74, 6) is 0. The molecular formula is C25H26N2O4S. The fourth-order valence-corrected chi connectivity index (χ4v) is 4.90. The SMILES string of the molecule is Cc1cc(N2CCN(c3ccc(S(C)(=O)=O)cc3)C2=O)cc(C)c1-c1cccc(CO)c1. The van der Waals surface area contributed by atoms with E-state index in [1.54, 1.807) is 21.9 Å². The molecule has 1 aliphatic heterocycles. The highest BCUT2D eigenvalue weighted by atomic mass is 32.2. The molecule has 6 nitrogen and oxygen atoms in total. The molecule has 0 radical (unpaired) electrons. The number of hydrogen-bond donors (Lipinski definition) is 1. The highest BCUT2D eigenvalue weighted by Gasteiger charge is 2.31. The second kappa shape index (κ2) is 8.41. The van der Waals surface area contributed by atoms with E-state index in [0.29, 0.717) is 18.8 Å². The number of anilines is 2. The molecule has 32 heavy (non-hydrogen) atoms. The Bertz CT molecular complexity index is 1260. The van der Waals surface area contributed by atoms with E-state index in [9.17, 15) is 18.3 Å². The van der Waals surface area contributed by atoms with Gasteiger partial charge in [0.15, 0.2) is 9.84 Å². The first kappa shape index (κ1) is 22.0. The first-order valence-corrected chi connectivity index (χ1v) is 12.3. The number of carbonyl (C=O) groups is 1. The van der Waals surface area contributed by atoms with Crippen LogP contribution in [0.4, 0.5) is 16.2 Å². The molecule has 1 saturated heterocycles. The smallest absolute Gasteiger partial charge is 0.329 e. The van der Waals surface area contributed by atoms with Crippen LogP contribution >= 0.6 is 0 Å². The highest BCUT2D eigenvalue weighted by molar-refractivity contribution is 7.90. The molecule has 0 bridgehead atoms. The number of rotatable bonds is 5. The van der Waals surface area contributed by atoms with Crippen molar-refractivity contribution in [3.63, 3.8) is 0 Å². The summed E-state index contributed by atoms with van der Waals surface area (Å²) in [6.45, 7) is 5.12. The van der Waals surface area contributed by atoms with Gasteiger partial charge in [-0.2, -0.15) is 0 Å². The maximum absolute atomic E-state index is 13.2. The standard InChI is InChI=1S/C25H26N2O4S/c1-17-13-22(14-18(2)24(17)20-6-4-5-19(15-20)16-28)27-12-11-26(25(27)29)21-7-9-23(10-8-21)32(3,30)31/h4-10,13-15,28H,11-12,16H2,1-3H3. The van der Waals surface area contributed by atoms with Gasteiger partial charge in [0, 0.05) is 30.7 Å². The van der Waals surface area contributed by atoms with Gasteiger partial charge in [-0.15, -0.1) is 0 Å². The monoisotopic (exact) mass is 450 g/mol. The quantitative estimate of drug-likeness (QED) is 0.628. The normalized spacial score (nSPS) is 14.3. The molecule has 1 fully saturated rings. The molecule has 3 aromatic carbocycles. The third-order valence-corrected chi connectivity index (χ3v) is 6.94. The van der Waals surface area contributed by atoms with Crippen LogP contribution < -0.4 is 9.80 Å². The van der Waals surface area contributed by atoms with E-state index < -0.39 is 9.84 Å². The number of carbonyl (C=O) groups excluding carboxylic acids is 1. The highest BCUT2D eigenvalue weighted by Crippen LogP contribution is 2.34. The molecule has 0 aliphatic carbocycles.